The van der Waals surface area contributed by atoms with Crippen LogP contribution in [0, 0.1) is 5.92 Å². The normalized spacial score (nSPS) is 21.8. The summed E-state index contributed by atoms with van der Waals surface area (Å²) >= 11 is 0. The third kappa shape index (κ3) is 5.92. The molecule has 246 valence electrons. The molecule has 2 aliphatic rings. The molecule has 3 heterocycles. The van der Waals surface area contributed by atoms with Crippen molar-refractivity contribution in [2.75, 3.05) is 31.5 Å². The van der Waals surface area contributed by atoms with E-state index in [0.29, 0.717) is 42.1 Å². The molecule has 6 rings (SSSR count). The van der Waals surface area contributed by atoms with E-state index in [9.17, 15) is 14.7 Å². The number of amides is 2. The van der Waals surface area contributed by atoms with Crippen LogP contribution in [0.3, 0.4) is 0 Å². The summed E-state index contributed by atoms with van der Waals surface area (Å²) in [6.07, 6.45) is 2.63. The van der Waals surface area contributed by atoms with Crippen molar-refractivity contribution in [3.05, 3.63) is 89.7 Å². The molecule has 0 saturated carbocycles. The zero-order valence-electron chi connectivity index (χ0n) is 27.3. The summed E-state index contributed by atoms with van der Waals surface area (Å²) in [4.78, 5) is 27.2. The molecule has 1 saturated heterocycles. The van der Waals surface area contributed by atoms with Crippen molar-refractivity contribution in [2.45, 2.75) is 56.7 Å². The Kier molecular flexibility index (Phi) is 8.92. The summed E-state index contributed by atoms with van der Waals surface area (Å²) in [5, 5.41) is 25.1. The third-order valence-electron chi connectivity index (χ3n) is 9.80. The van der Waals surface area contributed by atoms with E-state index in [1.54, 1.807) is 49.2 Å². The fourth-order valence-electron chi connectivity index (χ4n) is 7.36. The number of fused-ring (bicyclic) bond motifs is 2. The lowest BCUT2D eigenvalue weighted by Gasteiger charge is -2.37. The highest BCUT2D eigenvalue weighted by atomic mass is 28.3. The molecule has 3 aromatic carbocycles. The van der Waals surface area contributed by atoms with E-state index in [-0.39, 0.29) is 36.0 Å². The summed E-state index contributed by atoms with van der Waals surface area (Å²) in [5.41, 5.74) is 1.99. The van der Waals surface area contributed by atoms with Gasteiger partial charge in [-0.1, -0.05) is 42.6 Å². The van der Waals surface area contributed by atoms with Crippen molar-refractivity contribution in [1.82, 2.24) is 15.0 Å². The lowest BCUT2D eigenvalue weighted by atomic mass is 9.82. The molecular weight excluding hydrogens is 615 g/mol. The number of carbonyl (C=O) groups excluding carboxylic acids is 2. The summed E-state index contributed by atoms with van der Waals surface area (Å²) in [6.45, 7) is 7.33. The second kappa shape index (κ2) is 12.9. The molecule has 1 aromatic heterocycles. The first-order valence-electron chi connectivity index (χ1n) is 15.8. The van der Waals surface area contributed by atoms with Crippen molar-refractivity contribution in [2.24, 2.45) is 5.92 Å². The molecule has 1 fully saturated rings. The number of aliphatic hydroxyl groups is 1. The van der Waals surface area contributed by atoms with Gasteiger partial charge in [-0.25, -0.2) is 0 Å². The number of aryl methyl sites for hydroxylation is 1. The molecule has 12 heteroatoms. The smallest absolute Gasteiger partial charge is 0.261 e. The minimum atomic E-state index is -2.31. The first-order chi connectivity index (χ1) is 22.6. The van der Waals surface area contributed by atoms with E-state index in [0.717, 1.165) is 17.0 Å². The van der Waals surface area contributed by atoms with Crippen LogP contribution in [-0.4, -0.2) is 66.9 Å². The van der Waals surface area contributed by atoms with Gasteiger partial charge in [0.2, 0.25) is 0 Å². The molecule has 2 aliphatic heterocycles. The van der Waals surface area contributed by atoms with Crippen LogP contribution in [0.25, 0.3) is 0 Å². The number of nitrogens with zero attached hydrogens (tertiary/aromatic N) is 3. The molecule has 2 amide bonds. The van der Waals surface area contributed by atoms with E-state index in [2.05, 4.69) is 53.1 Å². The number of methoxy groups -OCH3 is 2. The number of aromatic nitrogens is 3. The van der Waals surface area contributed by atoms with E-state index >= 15 is 0 Å². The predicted octanol–water partition coefficient (Wildman–Crippen LogP) is 4.34. The second-order valence-electron chi connectivity index (χ2n) is 12.8. The average molecular weight is 656 g/mol. The number of benzene rings is 3. The highest BCUT2D eigenvalue weighted by Crippen LogP contribution is 2.59. The van der Waals surface area contributed by atoms with Crippen molar-refractivity contribution >= 4 is 36.4 Å². The van der Waals surface area contributed by atoms with Crippen molar-refractivity contribution < 1.29 is 28.9 Å². The first-order valence-corrected chi connectivity index (χ1v) is 18.9. The number of ether oxygens (including phenoxy) is 3. The highest BCUT2D eigenvalue weighted by Gasteiger charge is 2.64. The maximum absolute atomic E-state index is 14.1. The van der Waals surface area contributed by atoms with Gasteiger partial charge >= 0.3 is 0 Å². The summed E-state index contributed by atoms with van der Waals surface area (Å²) in [6, 6.07) is 20.6. The monoisotopic (exact) mass is 655 g/mol. The van der Waals surface area contributed by atoms with Gasteiger partial charge in [0, 0.05) is 54.2 Å². The standard InChI is InChI=1S/C35H41N5O6Si/c1-22-32(47(4,5)28-13-11-27(45-3)12-14-28)31(16-18-40-21-25(17-19-41)38-39-40)46-35(22)29-20-24(8-15-30(29)37-34(35)43)36-33(42)23-6-9-26(44-2)10-7-23/h6-15,20-22,31-32,41H,16-19H2,1-5H3,(H,36,42)(H,37,43)/t22-,31+,32-,35+/m1/s1. The van der Waals surface area contributed by atoms with Crippen molar-refractivity contribution in [3.8, 4) is 11.5 Å². The van der Waals surface area contributed by atoms with Gasteiger partial charge in [-0.05, 0) is 66.6 Å². The summed E-state index contributed by atoms with van der Waals surface area (Å²) < 4.78 is 19.5. The Morgan fingerprint density at radius 1 is 1.06 bits per heavy atom. The molecule has 3 N–H and O–H groups in total. The van der Waals surface area contributed by atoms with E-state index in [4.69, 9.17) is 14.2 Å². The highest BCUT2D eigenvalue weighted by molar-refractivity contribution is 6.91. The molecule has 0 unspecified atom stereocenters. The zero-order chi connectivity index (χ0) is 33.3. The maximum atomic E-state index is 14.1. The Labute approximate surface area is 275 Å². The number of hydrogen-bond donors (Lipinski definition) is 3. The van der Waals surface area contributed by atoms with Gasteiger partial charge in [-0.3, -0.25) is 14.3 Å². The van der Waals surface area contributed by atoms with E-state index in [1.165, 1.54) is 5.19 Å². The minimum absolute atomic E-state index is 0.00521. The van der Waals surface area contributed by atoms with Crippen molar-refractivity contribution in [3.63, 3.8) is 0 Å². The molecule has 47 heavy (non-hydrogen) atoms. The topological polar surface area (TPSA) is 137 Å². The Hall–Kier alpha value is -4.52. The molecule has 1 spiro atoms. The Balaban J connectivity index is 1.35. The Morgan fingerprint density at radius 3 is 2.40 bits per heavy atom. The zero-order valence-corrected chi connectivity index (χ0v) is 28.3. The van der Waals surface area contributed by atoms with Gasteiger partial charge in [0.05, 0.1) is 34.1 Å². The number of carbonyl (C=O) groups is 2. The third-order valence-corrected chi connectivity index (χ3v) is 14.2. The van der Waals surface area contributed by atoms with Crippen LogP contribution in [0.2, 0.25) is 18.6 Å². The van der Waals surface area contributed by atoms with Crippen LogP contribution >= 0.6 is 0 Å². The molecule has 0 bridgehead atoms. The fraction of sp³-hybridized carbons (Fsp3) is 0.371. The van der Waals surface area contributed by atoms with Crippen LogP contribution < -0.4 is 25.3 Å². The van der Waals surface area contributed by atoms with Crippen LogP contribution in [0.5, 0.6) is 11.5 Å². The van der Waals surface area contributed by atoms with Gasteiger partial charge in [-0.2, -0.15) is 0 Å². The van der Waals surface area contributed by atoms with Gasteiger partial charge in [0.15, 0.2) is 5.60 Å². The molecule has 11 nitrogen and oxygen atoms in total. The molecule has 4 aromatic rings. The van der Waals surface area contributed by atoms with Crippen LogP contribution in [-0.2, 0) is 28.1 Å². The lowest BCUT2D eigenvalue weighted by molar-refractivity contribution is -0.143. The lowest BCUT2D eigenvalue weighted by Crippen LogP contribution is -2.51. The minimum Gasteiger partial charge on any atom is -0.497 e. The molecular formula is C35H41N5O6Si. The first kappa shape index (κ1) is 32.4. The summed E-state index contributed by atoms with van der Waals surface area (Å²) in [7, 11) is 0.928. The predicted molar refractivity (Wildman–Crippen MR) is 181 cm³/mol. The molecule has 4 atom stereocenters. The van der Waals surface area contributed by atoms with Gasteiger partial charge in [-0.15, -0.1) is 5.10 Å². The number of hydrogen-bond acceptors (Lipinski definition) is 8. The number of aliphatic hydroxyl groups excluding tert-OH is 1. The largest absolute Gasteiger partial charge is 0.497 e. The number of nitrogens with one attached hydrogen (secondary N) is 2. The van der Waals surface area contributed by atoms with Crippen molar-refractivity contribution in [1.29, 1.82) is 0 Å². The molecule has 0 radical (unpaired) electrons. The number of rotatable bonds is 11. The Morgan fingerprint density at radius 2 is 1.74 bits per heavy atom. The van der Waals surface area contributed by atoms with Gasteiger partial charge in [0.1, 0.15) is 11.5 Å². The van der Waals surface area contributed by atoms with Gasteiger partial charge in [0.25, 0.3) is 11.8 Å². The van der Waals surface area contributed by atoms with Gasteiger partial charge < -0.3 is 30.0 Å². The van der Waals surface area contributed by atoms with Crippen LogP contribution in [0.1, 0.15) is 35.0 Å². The van der Waals surface area contributed by atoms with Crippen LogP contribution in [0.15, 0.2) is 72.9 Å². The van der Waals surface area contributed by atoms with E-state index < -0.39 is 13.7 Å². The van der Waals surface area contributed by atoms with Crippen LogP contribution in [0.4, 0.5) is 11.4 Å². The maximum Gasteiger partial charge on any atom is 0.261 e. The quantitative estimate of drug-likeness (QED) is 0.203. The average Bonchev–Trinajstić information content (AvgIpc) is 3.74. The number of anilines is 2. The summed E-state index contributed by atoms with van der Waals surface area (Å²) in [5.74, 6) is 0.803. The molecule has 0 aliphatic carbocycles. The Bertz CT molecular complexity index is 1760. The van der Waals surface area contributed by atoms with E-state index in [1.807, 2.05) is 30.5 Å². The second-order valence-corrected chi connectivity index (χ2v) is 17.5. The SMILES string of the molecule is COc1ccc(C(=O)Nc2ccc3c(c2)[C@]2(O[C@@H](CCn4cc(CCO)nn4)[C@H]([Si](C)(C)c4ccc(OC)cc4)[C@H]2C)C(=O)N3)cc1. The fourth-order valence-corrected chi connectivity index (χ4v) is 11.4.